The minimum atomic E-state index is -3.61. The molecule has 0 spiro atoms. The predicted octanol–water partition coefficient (Wildman–Crippen LogP) is 3.02. The van der Waals surface area contributed by atoms with E-state index in [1.807, 2.05) is 0 Å². The molecule has 1 N–H and O–H groups in total. The molecule has 4 rings (SSSR count). The number of hydrogen-bond donors (Lipinski definition) is 1. The molecule has 170 valence electrons. The van der Waals surface area contributed by atoms with Gasteiger partial charge in [0.1, 0.15) is 0 Å². The Hall–Kier alpha value is -2.71. The van der Waals surface area contributed by atoms with E-state index in [1.54, 1.807) is 12.1 Å². The summed E-state index contributed by atoms with van der Waals surface area (Å²) in [6, 6.07) is 14.7. The molecular weight excluding hydrogens is 426 g/mol. The average molecular weight is 456 g/mol. The number of carbonyl (C=O) groups excluding carboxylic acids is 2. The van der Waals surface area contributed by atoms with Crippen molar-refractivity contribution in [3.63, 3.8) is 0 Å². The first-order valence-electron chi connectivity index (χ1n) is 11.1. The van der Waals surface area contributed by atoms with Gasteiger partial charge in [0.15, 0.2) is 0 Å². The van der Waals surface area contributed by atoms with Crippen LogP contribution in [-0.2, 0) is 14.8 Å². The fourth-order valence-electron chi connectivity index (χ4n) is 4.38. The summed E-state index contributed by atoms with van der Waals surface area (Å²) in [4.78, 5) is 27.2. The number of anilines is 1. The Morgan fingerprint density at radius 1 is 1.00 bits per heavy atom. The van der Waals surface area contributed by atoms with E-state index >= 15 is 0 Å². The molecule has 2 aliphatic rings. The van der Waals surface area contributed by atoms with Crippen molar-refractivity contribution < 1.29 is 18.0 Å². The third-order valence-electron chi connectivity index (χ3n) is 6.19. The van der Waals surface area contributed by atoms with Crippen molar-refractivity contribution in [2.45, 2.75) is 38.6 Å². The lowest BCUT2D eigenvalue weighted by atomic mass is 10.0. The normalized spacial score (nSPS) is 19.7. The molecule has 2 heterocycles. The maximum absolute atomic E-state index is 12.8. The van der Waals surface area contributed by atoms with Crippen LogP contribution in [0.4, 0.5) is 5.69 Å². The monoisotopic (exact) mass is 455 g/mol. The molecule has 0 radical (unpaired) electrons. The summed E-state index contributed by atoms with van der Waals surface area (Å²) in [5, 5.41) is 3.04. The minimum absolute atomic E-state index is 0.0124. The highest BCUT2D eigenvalue weighted by molar-refractivity contribution is 7.94. The van der Waals surface area contributed by atoms with Crippen molar-refractivity contribution >= 4 is 27.5 Å². The van der Waals surface area contributed by atoms with E-state index in [2.05, 4.69) is 41.4 Å². The van der Waals surface area contributed by atoms with Crippen LogP contribution in [0.15, 0.2) is 48.5 Å². The summed E-state index contributed by atoms with van der Waals surface area (Å²) in [6.45, 7) is 4.58. The van der Waals surface area contributed by atoms with Crippen LogP contribution in [0, 0.1) is 6.92 Å². The average Bonchev–Trinajstić information content (AvgIpc) is 3.08. The molecule has 0 aliphatic carbocycles. The van der Waals surface area contributed by atoms with Crippen molar-refractivity contribution in [3.05, 3.63) is 65.2 Å². The molecule has 0 unspecified atom stereocenters. The Bertz CT molecular complexity index is 1080. The number of carbonyl (C=O) groups is 2. The molecule has 32 heavy (non-hydrogen) atoms. The molecule has 0 saturated carbocycles. The van der Waals surface area contributed by atoms with Crippen LogP contribution in [0.5, 0.6) is 0 Å². The third kappa shape index (κ3) is 4.86. The zero-order valence-electron chi connectivity index (χ0n) is 18.3. The minimum Gasteiger partial charge on any atom is -0.350 e. The van der Waals surface area contributed by atoms with E-state index in [0.29, 0.717) is 12.1 Å². The Labute approximate surface area is 189 Å². The molecule has 2 saturated heterocycles. The van der Waals surface area contributed by atoms with Crippen LogP contribution in [0.3, 0.4) is 0 Å². The first-order valence-corrected chi connectivity index (χ1v) is 12.7. The fraction of sp³-hybridized carbons (Fsp3) is 0.417. The number of nitrogens with zero attached hydrogens (tertiary/aromatic N) is 2. The van der Waals surface area contributed by atoms with Gasteiger partial charge in [-0.25, -0.2) is 12.7 Å². The van der Waals surface area contributed by atoms with E-state index in [4.69, 9.17) is 0 Å². The summed E-state index contributed by atoms with van der Waals surface area (Å²) in [6.07, 6.45) is 3.55. The summed E-state index contributed by atoms with van der Waals surface area (Å²) in [5.41, 5.74) is 3.09. The van der Waals surface area contributed by atoms with Gasteiger partial charge in [-0.1, -0.05) is 36.2 Å². The number of hydrogen-bond acceptors (Lipinski definition) is 5. The number of piperidine rings is 1. The van der Waals surface area contributed by atoms with E-state index in [1.165, 1.54) is 29.7 Å². The number of sulfonamides is 1. The summed E-state index contributed by atoms with van der Waals surface area (Å²) in [7, 11) is -3.61. The topological polar surface area (TPSA) is 86.8 Å². The summed E-state index contributed by atoms with van der Waals surface area (Å²) >= 11 is 0. The van der Waals surface area contributed by atoms with Crippen molar-refractivity contribution in [3.8, 4) is 0 Å². The van der Waals surface area contributed by atoms with E-state index in [9.17, 15) is 18.0 Å². The van der Waals surface area contributed by atoms with Crippen molar-refractivity contribution in [1.82, 2.24) is 10.2 Å². The number of rotatable bonds is 6. The SMILES string of the molecule is Cc1ccc([C@@H](CNC(=O)c2ccc(N3C(=O)CCS3(=O)=O)cc2)N2CCCCC2)cc1. The number of benzene rings is 2. The standard InChI is InChI=1S/C24H29N3O4S/c1-18-5-7-19(8-6-18)22(26-14-3-2-4-15-26)17-25-24(29)20-9-11-21(12-10-20)27-23(28)13-16-32(27,30)31/h5-12,22H,2-4,13-17H2,1H3,(H,25,29)/t22-/m1/s1. The second kappa shape index (κ2) is 9.42. The van der Waals surface area contributed by atoms with Gasteiger partial charge < -0.3 is 5.32 Å². The van der Waals surface area contributed by atoms with Crippen molar-refractivity contribution in [1.29, 1.82) is 0 Å². The summed E-state index contributed by atoms with van der Waals surface area (Å²) in [5.74, 6) is -0.837. The second-order valence-corrected chi connectivity index (χ2v) is 10.4. The van der Waals surface area contributed by atoms with Gasteiger partial charge in [-0.05, 0) is 62.7 Å². The van der Waals surface area contributed by atoms with E-state index in [0.717, 1.165) is 30.2 Å². The van der Waals surface area contributed by atoms with Crippen LogP contribution in [-0.4, -0.2) is 50.5 Å². The first-order chi connectivity index (χ1) is 15.3. The zero-order chi connectivity index (χ0) is 22.7. The van der Waals surface area contributed by atoms with E-state index < -0.39 is 15.9 Å². The maximum Gasteiger partial charge on any atom is 0.251 e. The van der Waals surface area contributed by atoms with Crippen molar-refractivity contribution in [2.24, 2.45) is 0 Å². The molecule has 7 nitrogen and oxygen atoms in total. The van der Waals surface area contributed by atoms with Crippen LogP contribution in [0.25, 0.3) is 0 Å². The Kier molecular flexibility index (Phi) is 6.62. The Morgan fingerprint density at radius 2 is 1.66 bits per heavy atom. The van der Waals surface area contributed by atoms with Gasteiger partial charge in [-0.3, -0.25) is 14.5 Å². The van der Waals surface area contributed by atoms with Crippen LogP contribution >= 0.6 is 0 Å². The molecule has 2 aromatic carbocycles. The van der Waals surface area contributed by atoms with Gasteiger partial charge >= 0.3 is 0 Å². The molecule has 0 bridgehead atoms. The predicted molar refractivity (Wildman–Crippen MR) is 124 cm³/mol. The quantitative estimate of drug-likeness (QED) is 0.724. The Balaban J connectivity index is 1.46. The van der Waals surface area contributed by atoms with Crippen molar-refractivity contribution in [2.75, 3.05) is 29.7 Å². The van der Waals surface area contributed by atoms with Crippen LogP contribution < -0.4 is 9.62 Å². The molecule has 0 aromatic heterocycles. The molecule has 8 heteroatoms. The van der Waals surface area contributed by atoms with Gasteiger partial charge in [0.25, 0.3) is 5.91 Å². The highest BCUT2D eigenvalue weighted by Gasteiger charge is 2.36. The third-order valence-corrected chi connectivity index (χ3v) is 7.88. The van der Waals surface area contributed by atoms with Crippen LogP contribution in [0.2, 0.25) is 0 Å². The highest BCUT2D eigenvalue weighted by atomic mass is 32.2. The maximum atomic E-state index is 12.8. The van der Waals surface area contributed by atoms with E-state index in [-0.39, 0.29) is 29.8 Å². The molecule has 2 amide bonds. The lowest BCUT2D eigenvalue weighted by Gasteiger charge is -2.35. The molecule has 2 aromatic rings. The molecule has 1 atom stereocenters. The number of nitrogens with one attached hydrogen (secondary N) is 1. The summed E-state index contributed by atoms with van der Waals surface area (Å²) < 4.78 is 25.0. The molecular formula is C24H29N3O4S. The second-order valence-electron chi connectivity index (χ2n) is 8.50. The highest BCUT2D eigenvalue weighted by Crippen LogP contribution is 2.26. The Morgan fingerprint density at radius 3 is 2.25 bits per heavy atom. The lowest BCUT2D eigenvalue weighted by molar-refractivity contribution is -0.116. The van der Waals surface area contributed by atoms with Gasteiger partial charge in [0, 0.05) is 18.5 Å². The number of aryl methyl sites for hydroxylation is 1. The smallest absolute Gasteiger partial charge is 0.251 e. The number of likely N-dealkylation sites (tertiary alicyclic amines) is 1. The zero-order valence-corrected chi connectivity index (χ0v) is 19.1. The van der Waals surface area contributed by atoms with Crippen LogP contribution in [0.1, 0.15) is 53.2 Å². The fourth-order valence-corrected chi connectivity index (χ4v) is 5.84. The van der Waals surface area contributed by atoms with Gasteiger partial charge in [-0.15, -0.1) is 0 Å². The largest absolute Gasteiger partial charge is 0.350 e. The van der Waals surface area contributed by atoms with Gasteiger partial charge in [-0.2, -0.15) is 0 Å². The molecule has 2 fully saturated rings. The van der Waals surface area contributed by atoms with Gasteiger partial charge in [0.05, 0.1) is 17.5 Å². The number of amides is 2. The first kappa shape index (κ1) is 22.5. The van der Waals surface area contributed by atoms with Gasteiger partial charge in [0.2, 0.25) is 15.9 Å². The lowest BCUT2D eigenvalue weighted by Crippen LogP contribution is -2.40. The molecule has 2 aliphatic heterocycles.